The van der Waals surface area contributed by atoms with Crippen molar-refractivity contribution in [3.05, 3.63) is 23.7 Å². The third-order valence-electron chi connectivity index (χ3n) is 2.98. The quantitative estimate of drug-likeness (QED) is 0.873. The molecule has 2 heterocycles. The summed E-state index contributed by atoms with van der Waals surface area (Å²) in [6.07, 6.45) is 1.77. The number of amides is 1. The molecule has 102 valence electrons. The highest BCUT2D eigenvalue weighted by Gasteiger charge is 2.21. The summed E-state index contributed by atoms with van der Waals surface area (Å²) in [6.45, 7) is 6.27. The number of alkyl halides is 1. The molecule has 0 bridgehead atoms. The predicted octanol–water partition coefficient (Wildman–Crippen LogP) is 2.18. The Morgan fingerprint density at radius 1 is 1.58 bits per heavy atom. The number of carbonyl (C=O) groups excluding carboxylic acids is 1. The molecule has 0 spiro atoms. The maximum absolute atomic E-state index is 12.0. The highest BCUT2D eigenvalue weighted by molar-refractivity contribution is 6.16. The van der Waals surface area contributed by atoms with E-state index in [1.807, 2.05) is 26.8 Å². The fourth-order valence-corrected chi connectivity index (χ4v) is 2.26. The minimum absolute atomic E-state index is 0.0597. The van der Waals surface area contributed by atoms with Gasteiger partial charge in [0, 0.05) is 12.7 Å². The fraction of sp³-hybridized carbons (Fsp3) is 0.462. The largest absolute Gasteiger partial charge is 0.355 e. The monoisotopic (exact) mass is 280 g/mol. The standard InChI is InChI=1S/C13H17ClN4O/c1-4-15-13(19)9(3)18-11(6-14)17-10-5-8(2)7-16-12(10)18/h5,7,9H,4,6H2,1-3H3,(H,15,19). The van der Waals surface area contributed by atoms with Gasteiger partial charge in [-0.2, -0.15) is 0 Å². The van der Waals surface area contributed by atoms with E-state index in [9.17, 15) is 4.79 Å². The molecular weight excluding hydrogens is 264 g/mol. The lowest BCUT2D eigenvalue weighted by molar-refractivity contribution is -0.123. The highest BCUT2D eigenvalue weighted by atomic mass is 35.5. The smallest absolute Gasteiger partial charge is 0.242 e. The molecule has 1 N–H and O–H groups in total. The van der Waals surface area contributed by atoms with E-state index in [4.69, 9.17) is 11.6 Å². The molecule has 0 saturated carbocycles. The van der Waals surface area contributed by atoms with E-state index in [1.54, 1.807) is 10.8 Å². The summed E-state index contributed by atoms with van der Waals surface area (Å²) in [5.41, 5.74) is 2.50. The number of halogens is 1. The summed E-state index contributed by atoms with van der Waals surface area (Å²) < 4.78 is 1.80. The number of hydrogen-bond donors (Lipinski definition) is 1. The number of aryl methyl sites for hydroxylation is 1. The first-order valence-corrected chi connectivity index (χ1v) is 6.79. The molecule has 0 aromatic carbocycles. The number of rotatable bonds is 4. The Kier molecular flexibility index (Phi) is 4.04. The zero-order valence-corrected chi connectivity index (χ0v) is 12.0. The van der Waals surface area contributed by atoms with Crippen LogP contribution in [0.15, 0.2) is 12.3 Å². The van der Waals surface area contributed by atoms with Gasteiger partial charge >= 0.3 is 0 Å². The van der Waals surface area contributed by atoms with Crippen LogP contribution in [-0.4, -0.2) is 27.0 Å². The summed E-state index contributed by atoms with van der Waals surface area (Å²) in [6, 6.07) is 1.56. The van der Waals surface area contributed by atoms with Gasteiger partial charge in [0.1, 0.15) is 17.4 Å². The van der Waals surface area contributed by atoms with Crippen LogP contribution in [0.3, 0.4) is 0 Å². The lowest BCUT2D eigenvalue weighted by Crippen LogP contribution is -2.31. The zero-order valence-electron chi connectivity index (χ0n) is 11.3. The molecule has 0 radical (unpaired) electrons. The Balaban J connectivity index is 2.54. The number of imidazole rings is 1. The van der Waals surface area contributed by atoms with Gasteiger partial charge in [0.05, 0.1) is 5.88 Å². The number of carbonyl (C=O) groups is 1. The van der Waals surface area contributed by atoms with Gasteiger partial charge in [-0.15, -0.1) is 11.6 Å². The van der Waals surface area contributed by atoms with Crippen molar-refractivity contribution in [1.82, 2.24) is 19.9 Å². The highest BCUT2D eigenvalue weighted by Crippen LogP contribution is 2.21. The summed E-state index contributed by atoms with van der Waals surface area (Å²) in [5.74, 6) is 0.850. The second-order valence-electron chi connectivity index (χ2n) is 4.46. The van der Waals surface area contributed by atoms with E-state index in [0.717, 1.165) is 11.1 Å². The Morgan fingerprint density at radius 2 is 2.32 bits per heavy atom. The van der Waals surface area contributed by atoms with Crippen LogP contribution in [0, 0.1) is 6.92 Å². The van der Waals surface area contributed by atoms with Crippen molar-refractivity contribution in [2.24, 2.45) is 0 Å². The predicted molar refractivity (Wildman–Crippen MR) is 75.2 cm³/mol. The lowest BCUT2D eigenvalue weighted by Gasteiger charge is -2.15. The third-order valence-corrected chi connectivity index (χ3v) is 3.22. The molecule has 0 fully saturated rings. The Bertz CT molecular complexity index is 608. The van der Waals surface area contributed by atoms with Crippen molar-refractivity contribution in [3.8, 4) is 0 Å². The molecular formula is C13H17ClN4O. The minimum Gasteiger partial charge on any atom is -0.355 e. The molecule has 19 heavy (non-hydrogen) atoms. The number of likely N-dealkylation sites (N-methyl/N-ethyl adjacent to an activating group) is 1. The number of pyridine rings is 1. The van der Waals surface area contributed by atoms with Crippen molar-refractivity contribution < 1.29 is 4.79 Å². The summed E-state index contributed by atoms with van der Waals surface area (Å²) in [4.78, 5) is 20.8. The Morgan fingerprint density at radius 3 is 2.95 bits per heavy atom. The number of aromatic nitrogens is 3. The molecule has 0 aliphatic rings. The average molecular weight is 281 g/mol. The van der Waals surface area contributed by atoms with Crippen LogP contribution >= 0.6 is 11.6 Å². The molecule has 1 unspecified atom stereocenters. The van der Waals surface area contributed by atoms with Gasteiger partial charge in [-0.1, -0.05) is 0 Å². The molecule has 6 heteroatoms. The maximum Gasteiger partial charge on any atom is 0.242 e. The molecule has 1 atom stereocenters. The second-order valence-corrected chi connectivity index (χ2v) is 4.72. The molecule has 5 nitrogen and oxygen atoms in total. The summed E-state index contributed by atoms with van der Waals surface area (Å²) in [5, 5.41) is 2.80. The van der Waals surface area contributed by atoms with E-state index >= 15 is 0 Å². The Hall–Kier alpha value is -1.62. The number of hydrogen-bond acceptors (Lipinski definition) is 3. The molecule has 2 aromatic heterocycles. The molecule has 0 saturated heterocycles. The van der Waals surface area contributed by atoms with Crippen molar-refractivity contribution in [2.45, 2.75) is 32.7 Å². The van der Waals surface area contributed by atoms with Crippen molar-refractivity contribution in [3.63, 3.8) is 0 Å². The average Bonchev–Trinajstić information content (AvgIpc) is 2.75. The zero-order chi connectivity index (χ0) is 14.0. The molecule has 2 rings (SSSR count). The molecule has 0 aliphatic heterocycles. The van der Waals surface area contributed by atoms with Crippen LogP contribution in [0.1, 0.15) is 31.3 Å². The number of nitrogens with zero attached hydrogens (tertiary/aromatic N) is 3. The van der Waals surface area contributed by atoms with Crippen LogP contribution in [0.2, 0.25) is 0 Å². The van der Waals surface area contributed by atoms with Crippen LogP contribution < -0.4 is 5.32 Å². The lowest BCUT2D eigenvalue weighted by atomic mass is 10.3. The number of fused-ring (bicyclic) bond motifs is 1. The van der Waals surface area contributed by atoms with Crippen molar-refractivity contribution >= 4 is 28.7 Å². The molecule has 2 aromatic rings. The first-order valence-electron chi connectivity index (χ1n) is 6.25. The normalized spacial score (nSPS) is 12.6. The topological polar surface area (TPSA) is 59.8 Å². The van der Waals surface area contributed by atoms with Gasteiger partial charge in [-0.25, -0.2) is 9.97 Å². The van der Waals surface area contributed by atoms with Gasteiger partial charge in [-0.3, -0.25) is 9.36 Å². The van der Waals surface area contributed by atoms with E-state index in [2.05, 4.69) is 15.3 Å². The van der Waals surface area contributed by atoms with E-state index < -0.39 is 0 Å². The first-order chi connectivity index (χ1) is 9.08. The van der Waals surface area contributed by atoms with Crippen LogP contribution in [-0.2, 0) is 10.7 Å². The summed E-state index contributed by atoms with van der Waals surface area (Å²) in [7, 11) is 0. The minimum atomic E-state index is -0.381. The second kappa shape index (κ2) is 5.57. The van der Waals surface area contributed by atoms with Crippen LogP contribution in [0.25, 0.3) is 11.2 Å². The van der Waals surface area contributed by atoms with Gasteiger partial charge < -0.3 is 5.32 Å². The van der Waals surface area contributed by atoms with Gasteiger partial charge in [0.15, 0.2) is 5.65 Å². The Labute approximate surface area is 117 Å². The van der Waals surface area contributed by atoms with Gasteiger partial charge in [0.25, 0.3) is 0 Å². The number of nitrogens with one attached hydrogen (secondary N) is 1. The molecule has 0 aliphatic carbocycles. The first kappa shape index (κ1) is 13.8. The van der Waals surface area contributed by atoms with Crippen molar-refractivity contribution in [1.29, 1.82) is 0 Å². The molecule has 1 amide bonds. The van der Waals surface area contributed by atoms with Crippen LogP contribution in [0.4, 0.5) is 0 Å². The van der Waals surface area contributed by atoms with E-state index in [1.165, 1.54) is 0 Å². The SMILES string of the molecule is CCNC(=O)C(C)n1c(CCl)nc2cc(C)cnc21. The summed E-state index contributed by atoms with van der Waals surface area (Å²) >= 11 is 5.93. The third kappa shape index (κ3) is 2.56. The van der Waals surface area contributed by atoms with E-state index in [-0.39, 0.29) is 17.8 Å². The van der Waals surface area contributed by atoms with Crippen molar-refractivity contribution in [2.75, 3.05) is 6.54 Å². The maximum atomic E-state index is 12.0. The fourth-order valence-electron chi connectivity index (χ4n) is 2.07. The van der Waals surface area contributed by atoms with Crippen LogP contribution in [0.5, 0.6) is 0 Å². The van der Waals surface area contributed by atoms with Gasteiger partial charge in [0.2, 0.25) is 5.91 Å². The van der Waals surface area contributed by atoms with E-state index in [0.29, 0.717) is 18.0 Å². The van der Waals surface area contributed by atoms with Gasteiger partial charge in [-0.05, 0) is 32.4 Å².